The number of nitrogens with zero attached hydrogens (tertiary/aromatic N) is 1. The van der Waals surface area contributed by atoms with Crippen molar-refractivity contribution in [1.29, 1.82) is 0 Å². The first-order valence-corrected chi connectivity index (χ1v) is 14.4. The van der Waals surface area contributed by atoms with E-state index in [0.29, 0.717) is 62.5 Å². The van der Waals surface area contributed by atoms with Crippen molar-refractivity contribution < 1.29 is 32.5 Å². The lowest BCUT2D eigenvalue weighted by Crippen LogP contribution is -2.30. The van der Waals surface area contributed by atoms with E-state index < -0.39 is 10.0 Å². The smallest absolute Gasteiger partial charge is 0.274 e. The lowest BCUT2D eigenvalue weighted by molar-refractivity contribution is 0.0984. The number of rotatable bonds is 9. The molecule has 1 atom stereocenters. The van der Waals surface area contributed by atoms with Crippen LogP contribution in [0.3, 0.4) is 0 Å². The van der Waals surface area contributed by atoms with Crippen LogP contribution >= 0.6 is 11.6 Å². The summed E-state index contributed by atoms with van der Waals surface area (Å²) in [5, 5.41) is 11.0. The fourth-order valence-corrected chi connectivity index (χ4v) is 6.55. The van der Waals surface area contributed by atoms with Crippen LogP contribution < -0.4 is 29.6 Å². The number of benzene rings is 3. The number of sulfonamides is 1. The van der Waals surface area contributed by atoms with Crippen molar-refractivity contribution in [1.82, 2.24) is 9.71 Å². The van der Waals surface area contributed by atoms with E-state index >= 15 is 0 Å². The molecule has 1 unspecified atom stereocenters. The molecule has 11 nitrogen and oxygen atoms in total. The number of aliphatic hydroxyl groups excluding tert-OH is 1. The minimum Gasteiger partial charge on any atom is -0.493 e. The van der Waals surface area contributed by atoms with Crippen LogP contribution in [0.1, 0.15) is 22.0 Å². The maximum Gasteiger partial charge on any atom is 0.274 e. The highest BCUT2D eigenvalue weighted by Crippen LogP contribution is 2.46. The van der Waals surface area contributed by atoms with E-state index in [1.807, 2.05) is 0 Å². The summed E-state index contributed by atoms with van der Waals surface area (Å²) in [6.45, 7) is -0.119. The molecule has 0 aliphatic carbocycles. The Kier molecular flexibility index (Phi) is 7.44. The van der Waals surface area contributed by atoms with Crippen molar-refractivity contribution in [3.63, 3.8) is 0 Å². The number of aromatic nitrogens is 1. The molecular weight excluding hydrogens is 560 g/mol. The van der Waals surface area contributed by atoms with Crippen molar-refractivity contribution >= 4 is 60.6 Å². The molecule has 0 fully saturated rings. The quantitative estimate of drug-likeness (QED) is 0.172. The number of aromatic amines is 1. The highest BCUT2D eigenvalue weighted by molar-refractivity contribution is 7.89. The molecule has 40 heavy (non-hydrogen) atoms. The maximum absolute atomic E-state index is 13.9. The van der Waals surface area contributed by atoms with Gasteiger partial charge in [0.2, 0.25) is 15.8 Å². The highest BCUT2D eigenvalue weighted by atomic mass is 35.5. The van der Waals surface area contributed by atoms with Gasteiger partial charge in [-0.15, -0.1) is 11.6 Å². The maximum atomic E-state index is 13.9. The fourth-order valence-electron chi connectivity index (χ4n) is 5.25. The van der Waals surface area contributed by atoms with Crippen LogP contribution in [0.25, 0.3) is 21.7 Å². The number of amides is 1. The van der Waals surface area contributed by atoms with Gasteiger partial charge in [0.1, 0.15) is 5.69 Å². The molecule has 1 amide bonds. The number of anilines is 2. The van der Waals surface area contributed by atoms with Gasteiger partial charge >= 0.3 is 0 Å². The molecule has 1 aromatic heterocycles. The first-order valence-electron chi connectivity index (χ1n) is 12.3. The van der Waals surface area contributed by atoms with Crippen LogP contribution in [0.15, 0.2) is 41.3 Å². The SMILES string of the molecule is COc1cc2cc(C(=O)N3CC(CCl)c4c3cc(N)c3cc(S(=O)(=O)NCCO)ccc43)[nH]c2c(OC)c1OC. The number of aliphatic hydroxyl groups is 1. The summed E-state index contributed by atoms with van der Waals surface area (Å²) in [6.07, 6.45) is 0. The summed E-state index contributed by atoms with van der Waals surface area (Å²) in [6, 6.07) is 9.80. The second kappa shape index (κ2) is 10.7. The van der Waals surface area contributed by atoms with Gasteiger partial charge in [-0.3, -0.25) is 4.79 Å². The Hall–Kier alpha value is -3.71. The van der Waals surface area contributed by atoms with Gasteiger partial charge in [0.05, 0.1) is 44.0 Å². The van der Waals surface area contributed by atoms with Crippen LogP contribution in [0.4, 0.5) is 11.4 Å². The predicted octanol–water partition coefficient (Wildman–Crippen LogP) is 3.18. The Balaban J connectivity index is 1.60. The zero-order valence-electron chi connectivity index (χ0n) is 22.1. The summed E-state index contributed by atoms with van der Waals surface area (Å²) in [7, 11) is 0.696. The number of ether oxygens (including phenoxy) is 3. The van der Waals surface area contributed by atoms with E-state index in [-0.39, 0.29) is 35.8 Å². The van der Waals surface area contributed by atoms with Crippen molar-refractivity contribution in [2.45, 2.75) is 10.8 Å². The standard InChI is InChI=1S/C27H29ClN4O7S/c1-37-22-9-14-8-20(31-24(14)26(39-3)25(22)38-2)27(34)32-13-15(12-28)23-17-5-4-16(40(35,36)30-6-7-33)10-18(17)19(29)11-21(23)32/h4-5,8-11,15,30-31,33H,6-7,12-13,29H2,1-3H3. The minimum atomic E-state index is -3.84. The van der Waals surface area contributed by atoms with Gasteiger partial charge in [0.15, 0.2) is 11.5 Å². The lowest BCUT2D eigenvalue weighted by Gasteiger charge is -2.18. The van der Waals surface area contributed by atoms with Crippen molar-refractivity contribution in [3.8, 4) is 17.2 Å². The Morgan fingerprint density at radius 1 is 1.12 bits per heavy atom. The number of H-pyrrole nitrogens is 1. The van der Waals surface area contributed by atoms with Crippen LogP contribution in [0, 0.1) is 0 Å². The molecule has 0 bridgehead atoms. The number of alkyl halides is 1. The molecule has 1 aliphatic rings. The number of halogens is 1. The van der Waals surface area contributed by atoms with E-state index in [4.69, 9.17) is 36.7 Å². The zero-order chi connectivity index (χ0) is 28.8. The molecule has 212 valence electrons. The van der Waals surface area contributed by atoms with Gasteiger partial charge in [-0.25, -0.2) is 13.1 Å². The van der Waals surface area contributed by atoms with E-state index in [1.54, 1.807) is 29.2 Å². The Morgan fingerprint density at radius 3 is 2.52 bits per heavy atom. The Bertz CT molecular complexity index is 1740. The van der Waals surface area contributed by atoms with Gasteiger partial charge in [-0.1, -0.05) is 6.07 Å². The molecule has 2 heterocycles. The Labute approximate surface area is 235 Å². The highest BCUT2D eigenvalue weighted by Gasteiger charge is 2.36. The molecule has 5 rings (SSSR count). The molecule has 0 saturated carbocycles. The van der Waals surface area contributed by atoms with E-state index in [0.717, 1.165) is 5.56 Å². The molecule has 1 aliphatic heterocycles. The zero-order valence-corrected chi connectivity index (χ0v) is 23.6. The van der Waals surface area contributed by atoms with Gasteiger partial charge in [0, 0.05) is 41.3 Å². The normalized spacial score (nSPS) is 15.0. The monoisotopic (exact) mass is 588 g/mol. The third-order valence-electron chi connectivity index (χ3n) is 7.06. The Morgan fingerprint density at radius 2 is 1.88 bits per heavy atom. The fraction of sp³-hybridized carbons (Fsp3) is 0.296. The van der Waals surface area contributed by atoms with Crippen LogP contribution in [0.5, 0.6) is 17.2 Å². The predicted molar refractivity (Wildman–Crippen MR) is 154 cm³/mol. The number of carbonyl (C=O) groups excluding carboxylic acids is 1. The van der Waals surface area contributed by atoms with E-state index in [2.05, 4.69) is 9.71 Å². The summed E-state index contributed by atoms with van der Waals surface area (Å²) < 4.78 is 44.1. The number of carbonyl (C=O) groups is 1. The van der Waals surface area contributed by atoms with Crippen LogP contribution in [-0.4, -0.2) is 71.3 Å². The first kappa shape index (κ1) is 27.8. The number of nitrogens with two attached hydrogens (primary N) is 1. The summed E-state index contributed by atoms with van der Waals surface area (Å²) in [5.41, 5.74) is 9.05. The molecule has 0 spiro atoms. The summed E-state index contributed by atoms with van der Waals surface area (Å²) in [5.74, 6) is 1.01. The average molecular weight is 589 g/mol. The van der Waals surface area contributed by atoms with E-state index in [9.17, 15) is 13.2 Å². The topological polar surface area (TPSA) is 156 Å². The van der Waals surface area contributed by atoms with E-state index in [1.165, 1.54) is 33.5 Å². The van der Waals surface area contributed by atoms with Gasteiger partial charge < -0.3 is 34.9 Å². The summed E-state index contributed by atoms with van der Waals surface area (Å²) in [4.78, 5) is 18.7. The number of fused-ring (bicyclic) bond motifs is 4. The van der Waals surface area contributed by atoms with Crippen LogP contribution in [0.2, 0.25) is 0 Å². The number of methoxy groups -OCH3 is 3. The van der Waals surface area contributed by atoms with Gasteiger partial charge in [-0.05, 0) is 41.3 Å². The molecule has 13 heteroatoms. The molecule has 0 saturated heterocycles. The van der Waals surface area contributed by atoms with Gasteiger partial charge in [-0.2, -0.15) is 0 Å². The largest absolute Gasteiger partial charge is 0.493 e. The lowest BCUT2D eigenvalue weighted by atomic mass is 9.95. The molecular formula is C27H29ClN4O7S. The van der Waals surface area contributed by atoms with Crippen LogP contribution in [-0.2, 0) is 10.0 Å². The summed E-state index contributed by atoms with van der Waals surface area (Å²) >= 11 is 6.37. The second-order valence-electron chi connectivity index (χ2n) is 9.29. The van der Waals surface area contributed by atoms with Crippen molar-refractivity contribution in [3.05, 3.63) is 47.7 Å². The minimum absolute atomic E-state index is 0.0198. The molecule has 4 aromatic rings. The van der Waals surface area contributed by atoms with Crippen molar-refractivity contribution in [2.24, 2.45) is 0 Å². The van der Waals surface area contributed by atoms with Gasteiger partial charge in [0.25, 0.3) is 5.91 Å². The number of nitrogen functional groups attached to an aromatic ring is 1. The molecule has 0 radical (unpaired) electrons. The first-order chi connectivity index (χ1) is 19.2. The molecule has 3 aromatic carbocycles. The second-order valence-corrected chi connectivity index (χ2v) is 11.4. The number of hydrogen-bond acceptors (Lipinski definition) is 8. The average Bonchev–Trinajstić information content (AvgIpc) is 3.56. The molecule has 5 N–H and O–H groups in total. The third-order valence-corrected chi connectivity index (χ3v) is 8.89. The number of hydrogen-bond donors (Lipinski definition) is 4. The number of nitrogens with one attached hydrogen (secondary N) is 2. The third kappa shape index (κ3) is 4.46. The van der Waals surface area contributed by atoms with Crippen molar-refractivity contribution in [2.75, 3.05) is 57.5 Å².